The van der Waals surface area contributed by atoms with Crippen LogP contribution in [0.25, 0.3) is 10.9 Å². The molecule has 2 aromatic carbocycles. The second-order valence-corrected chi connectivity index (χ2v) is 11.0. The average molecular weight is 613 g/mol. The summed E-state index contributed by atoms with van der Waals surface area (Å²) in [6.07, 6.45) is -4.09. The molecule has 1 aliphatic rings. The Morgan fingerprint density at radius 2 is 1.90 bits per heavy atom. The second kappa shape index (κ2) is 12.4. The van der Waals surface area contributed by atoms with Crippen molar-refractivity contribution in [2.45, 2.75) is 45.0 Å². The lowest BCUT2D eigenvalue weighted by Crippen LogP contribution is -2.31. The Kier molecular flexibility index (Phi) is 9.29. The molecule has 13 heteroatoms. The Hall–Kier alpha value is -3.48. The third-order valence-corrected chi connectivity index (χ3v) is 7.51. The van der Waals surface area contributed by atoms with Crippen LogP contribution < -0.4 is 10.2 Å². The van der Waals surface area contributed by atoms with Crippen molar-refractivity contribution in [3.05, 3.63) is 74.3 Å². The van der Waals surface area contributed by atoms with Gasteiger partial charge in [-0.2, -0.15) is 13.2 Å². The van der Waals surface area contributed by atoms with Crippen molar-refractivity contribution in [1.82, 2.24) is 9.47 Å². The highest BCUT2D eigenvalue weighted by Gasteiger charge is 2.43. The summed E-state index contributed by atoms with van der Waals surface area (Å²) >= 11 is 5.98. The number of aromatic nitrogens is 1. The summed E-state index contributed by atoms with van der Waals surface area (Å²) < 4.78 is 65.0. The monoisotopic (exact) mass is 612 g/mol. The number of esters is 2. The molecule has 1 aromatic heterocycles. The van der Waals surface area contributed by atoms with Gasteiger partial charge in [-0.1, -0.05) is 37.6 Å². The maximum Gasteiger partial charge on any atom is 0.491 e. The highest BCUT2D eigenvalue weighted by atomic mass is 35.5. The third kappa shape index (κ3) is 6.61. The van der Waals surface area contributed by atoms with Crippen LogP contribution in [-0.2, 0) is 16.0 Å². The Morgan fingerprint density at radius 1 is 1.19 bits per heavy atom. The Morgan fingerprint density at radius 3 is 2.50 bits per heavy atom. The van der Waals surface area contributed by atoms with E-state index in [0.717, 1.165) is 12.7 Å². The fourth-order valence-corrected chi connectivity index (χ4v) is 5.16. The van der Waals surface area contributed by atoms with Gasteiger partial charge in [0, 0.05) is 37.2 Å². The quantitative estimate of drug-likeness (QED) is 0.219. The van der Waals surface area contributed by atoms with E-state index in [0.29, 0.717) is 24.3 Å². The van der Waals surface area contributed by atoms with Crippen molar-refractivity contribution in [1.29, 1.82) is 0 Å². The third-order valence-electron chi connectivity index (χ3n) is 7.22. The summed E-state index contributed by atoms with van der Waals surface area (Å²) in [5, 5.41) is 9.94. The van der Waals surface area contributed by atoms with Crippen molar-refractivity contribution >= 4 is 34.4 Å². The molecule has 4 rings (SSSR count). The zero-order valence-electron chi connectivity index (χ0n) is 23.0. The van der Waals surface area contributed by atoms with Gasteiger partial charge in [-0.3, -0.25) is 4.79 Å². The maximum absolute atomic E-state index is 14.9. The number of ether oxygens (including phenoxy) is 2. The van der Waals surface area contributed by atoms with E-state index in [4.69, 9.17) is 16.3 Å². The first kappa shape index (κ1) is 31.5. The first-order chi connectivity index (χ1) is 19.7. The van der Waals surface area contributed by atoms with E-state index in [1.807, 2.05) is 7.05 Å². The number of nitrogens with zero attached hydrogens (tertiary/aromatic N) is 2. The van der Waals surface area contributed by atoms with E-state index in [-0.39, 0.29) is 39.9 Å². The van der Waals surface area contributed by atoms with Crippen molar-refractivity contribution in [3.63, 3.8) is 0 Å². The second-order valence-electron chi connectivity index (χ2n) is 10.6. The SMILES string of the molecule is CC(C)[C@@H](CO)n1cc(C(=O)OC(=O)C(F)(F)F)c(=O)c2cc(Cc3cccc(Cl)c3F)c(O[C@@H]3CCN(C)C3)cc21. The number of benzene rings is 2. The van der Waals surface area contributed by atoms with E-state index < -0.39 is 47.6 Å². The van der Waals surface area contributed by atoms with Gasteiger partial charge in [0.2, 0.25) is 5.43 Å². The van der Waals surface area contributed by atoms with Crippen LogP contribution in [0.5, 0.6) is 5.75 Å². The molecule has 0 radical (unpaired) electrons. The lowest BCUT2D eigenvalue weighted by molar-refractivity contribution is -0.193. The van der Waals surface area contributed by atoms with Crippen LogP contribution in [0, 0.1) is 11.7 Å². The number of hydrogen-bond acceptors (Lipinski definition) is 7. The smallest absolute Gasteiger partial charge is 0.489 e. The molecule has 226 valence electrons. The highest BCUT2D eigenvalue weighted by Crippen LogP contribution is 2.33. The first-order valence-electron chi connectivity index (χ1n) is 13.1. The number of aliphatic hydroxyl groups is 1. The molecule has 1 N–H and O–H groups in total. The number of halogens is 5. The number of rotatable bonds is 8. The van der Waals surface area contributed by atoms with Crippen molar-refractivity contribution in [2.75, 3.05) is 26.7 Å². The standard InChI is InChI=1S/C29H29ClF4N2O6/c1-15(2)23(14-37)36-13-20(27(39)42-28(40)29(32,33)34)26(38)19-10-17(9-16-5-4-6-21(30)25(16)31)24(11-22(19)36)41-18-7-8-35(3)12-18/h4-6,10-11,13,15,18,23,37H,7-9,12,14H2,1-3H3/t18-,23-/m1/s1. The van der Waals surface area contributed by atoms with E-state index in [9.17, 15) is 37.1 Å². The molecule has 1 saturated heterocycles. The number of carbonyl (C=O) groups excluding carboxylic acids is 2. The summed E-state index contributed by atoms with van der Waals surface area (Å²) in [5.41, 5.74) is -1.10. The molecule has 0 unspecified atom stereocenters. The van der Waals surface area contributed by atoms with Crippen molar-refractivity contribution < 1.29 is 41.7 Å². The minimum absolute atomic E-state index is 0.0749. The van der Waals surface area contributed by atoms with Crippen molar-refractivity contribution in [3.8, 4) is 5.75 Å². The molecular formula is C29H29ClF4N2O6. The van der Waals surface area contributed by atoms with Gasteiger partial charge in [-0.25, -0.2) is 14.0 Å². The van der Waals surface area contributed by atoms with Crippen LogP contribution in [0.4, 0.5) is 17.6 Å². The molecular weight excluding hydrogens is 584 g/mol. The van der Waals surface area contributed by atoms with Crippen LogP contribution >= 0.6 is 11.6 Å². The lowest BCUT2D eigenvalue weighted by Gasteiger charge is -2.26. The summed E-state index contributed by atoms with van der Waals surface area (Å²) in [4.78, 5) is 39.7. The number of alkyl halides is 3. The summed E-state index contributed by atoms with van der Waals surface area (Å²) in [7, 11) is 1.93. The fraction of sp³-hybridized carbons (Fsp3) is 0.414. The zero-order chi connectivity index (χ0) is 30.9. The molecule has 0 spiro atoms. The Balaban J connectivity index is 1.96. The molecule has 42 heavy (non-hydrogen) atoms. The number of hydrogen-bond donors (Lipinski definition) is 1. The van der Waals surface area contributed by atoms with Gasteiger partial charge in [-0.05, 0) is 42.6 Å². The number of carbonyl (C=O) groups is 2. The Bertz CT molecular complexity index is 1570. The van der Waals surface area contributed by atoms with Gasteiger partial charge in [0.1, 0.15) is 23.2 Å². The normalized spacial score (nSPS) is 16.7. The predicted molar refractivity (Wildman–Crippen MR) is 146 cm³/mol. The van der Waals surface area contributed by atoms with Gasteiger partial charge < -0.3 is 24.0 Å². The molecule has 3 aromatic rings. The fourth-order valence-electron chi connectivity index (χ4n) is 4.97. The lowest BCUT2D eigenvalue weighted by atomic mass is 9.98. The van der Waals surface area contributed by atoms with Gasteiger partial charge in [0.25, 0.3) is 0 Å². The number of fused-ring (bicyclic) bond motifs is 1. The largest absolute Gasteiger partial charge is 0.491 e. The first-order valence-corrected chi connectivity index (χ1v) is 13.5. The number of likely N-dealkylation sites (N-methyl/N-ethyl adjacent to an activating group) is 1. The van der Waals surface area contributed by atoms with Gasteiger partial charge in [0.05, 0.1) is 23.2 Å². The van der Waals surface area contributed by atoms with E-state index in [1.165, 1.54) is 28.8 Å². The summed E-state index contributed by atoms with van der Waals surface area (Å²) in [6, 6.07) is 6.62. The van der Waals surface area contributed by atoms with E-state index >= 15 is 0 Å². The van der Waals surface area contributed by atoms with Gasteiger partial charge >= 0.3 is 18.1 Å². The molecule has 0 bridgehead atoms. The van der Waals surface area contributed by atoms with Crippen LogP contribution in [-0.4, -0.2) is 65.5 Å². The summed E-state index contributed by atoms with van der Waals surface area (Å²) in [6.45, 7) is 4.46. The van der Waals surface area contributed by atoms with Crippen LogP contribution in [0.3, 0.4) is 0 Å². The molecule has 0 aliphatic carbocycles. The van der Waals surface area contributed by atoms with Crippen LogP contribution in [0.1, 0.15) is 47.8 Å². The minimum atomic E-state index is -5.47. The van der Waals surface area contributed by atoms with Gasteiger partial charge in [0.15, 0.2) is 0 Å². The molecule has 1 aliphatic heterocycles. The van der Waals surface area contributed by atoms with E-state index in [1.54, 1.807) is 19.9 Å². The Labute approximate surface area is 243 Å². The zero-order valence-corrected chi connectivity index (χ0v) is 23.8. The molecule has 0 amide bonds. The van der Waals surface area contributed by atoms with Crippen molar-refractivity contribution in [2.24, 2.45) is 5.92 Å². The number of aliphatic hydroxyl groups excluding tert-OH is 1. The molecule has 0 saturated carbocycles. The summed E-state index contributed by atoms with van der Waals surface area (Å²) in [5.74, 6) is -5.20. The number of pyridine rings is 1. The maximum atomic E-state index is 14.9. The van der Waals surface area contributed by atoms with Crippen LogP contribution in [0.2, 0.25) is 5.02 Å². The van der Waals surface area contributed by atoms with E-state index in [2.05, 4.69) is 9.64 Å². The topological polar surface area (TPSA) is 98.1 Å². The number of likely N-dealkylation sites (tertiary alicyclic amines) is 1. The highest BCUT2D eigenvalue weighted by molar-refractivity contribution is 6.30. The molecule has 8 nitrogen and oxygen atoms in total. The predicted octanol–water partition coefficient (Wildman–Crippen LogP) is 4.90. The molecule has 2 atom stereocenters. The van der Waals surface area contributed by atoms with Crippen LogP contribution in [0.15, 0.2) is 41.3 Å². The molecule has 2 heterocycles. The molecule has 1 fully saturated rings. The minimum Gasteiger partial charge on any atom is -0.489 e. The average Bonchev–Trinajstić information content (AvgIpc) is 3.32. The van der Waals surface area contributed by atoms with Gasteiger partial charge in [-0.15, -0.1) is 0 Å².